The highest BCUT2D eigenvalue weighted by atomic mass is 16.6. The van der Waals surface area contributed by atoms with E-state index < -0.39 is 5.97 Å². The van der Waals surface area contributed by atoms with E-state index in [9.17, 15) is 4.79 Å². The van der Waals surface area contributed by atoms with Crippen molar-refractivity contribution in [2.75, 3.05) is 27.4 Å². The molecule has 0 fully saturated rings. The van der Waals surface area contributed by atoms with Gasteiger partial charge in [-0.1, -0.05) is 46.7 Å². The van der Waals surface area contributed by atoms with E-state index in [2.05, 4.69) is 22.4 Å². The number of ether oxygens (including phenoxy) is 2. The lowest BCUT2D eigenvalue weighted by Gasteiger charge is -2.12. The fraction of sp³-hybridized carbons (Fsp3) is 0.385. The van der Waals surface area contributed by atoms with Gasteiger partial charge in [0.1, 0.15) is 37.5 Å². The van der Waals surface area contributed by atoms with Crippen LogP contribution in [0.1, 0.15) is 49.4 Å². The molecule has 0 unspecified atom stereocenters. The molecular weight excluding hydrogens is 450 g/mol. The molecule has 2 rings (SSSR count). The van der Waals surface area contributed by atoms with E-state index in [1.165, 1.54) is 14.2 Å². The van der Waals surface area contributed by atoms with Crippen molar-refractivity contribution >= 4 is 23.1 Å². The molecule has 0 bridgehead atoms. The molecule has 0 aliphatic rings. The maximum atomic E-state index is 12.2. The van der Waals surface area contributed by atoms with Crippen LogP contribution in [0.4, 0.5) is 0 Å². The number of carbonyl (C=O) groups excluding carboxylic acids is 1. The van der Waals surface area contributed by atoms with Crippen molar-refractivity contribution in [1.29, 1.82) is 0 Å². The first-order chi connectivity index (χ1) is 17.0. The lowest BCUT2D eigenvalue weighted by Crippen LogP contribution is -2.20. The molecule has 35 heavy (non-hydrogen) atoms. The molecular formula is C26H33N3O6. The van der Waals surface area contributed by atoms with Crippen LogP contribution in [0.25, 0.3) is 0 Å². The average Bonchev–Trinajstić information content (AvgIpc) is 2.87. The Labute approximate surface area is 206 Å². The maximum absolute atomic E-state index is 12.2. The standard InChI is InChI=1S/C26H33N3O6/c1-7-15-33-21-13-14-22(18(3)16-21)24(28-32-6)19(4)27-35-17-20-11-9-10-12-23(20)25(26(30)31-5)29-34-8-2/h9-14,16H,7-8,15,17H2,1-6H3. The third kappa shape index (κ3) is 7.84. The Balaban J connectivity index is 2.26. The summed E-state index contributed by atoms with van der Waals surface area (Å²) in [5.41, 5.74) is 4.13. The van der Waals surface area contributed by atoms with Crippen molar-refractivity contribution in [3.8, 4) is 5.75 Å². The molecule has 9 nitrogen and oxygen atoms in total. The Bertz CT molecular complexity index is 1080. The minimum Gasteiger partial charge on any atom is -0.494 e. The Hall–Kier alpha value is -3.88. The largest absolute Gasteiger partial charge is 0.494 e. The number of oxime groups is 3. The highest BCUT2D eigenvalue weighted by molar-refractivity contribution is 6.47. The van der Waals surface area contributed by atoms with Gasteiger partial charge >= 0.3 is 5.97 Å². The summed E-state index contributed by atoms with van der Waals surface area (Å²) < 4.78 is 10.6. The van der Waals surface area contributed by atoms with Crippen LogP contribution in [0.5, 0.6) is 5.75 Å². The summed E-state index contributed by atoms with van der Waals surface area (Å²) in [7, 11) is 2.77. The van der Waals surface area contributed by atoms with Crippen LogP contribution in [0.15, 0.2) is 57.9 Å². The van der Waals surface area contributed by atoms with Crippen molar-refractivity contribution in [1.82, 2.24) is 0 Å². The van der Waals surface area contributed by atoms with E-state index in [-0.39, 0.29) is 12.3 Å². The fourth-order valence-electron chi connectivity index (χ4n) is 3.15. The number of benzene rings is 2. The van der Waals surface area contributed by atoms with Crippen molar-refractivity contribution in [2.45, 2.75) is 40.7 Å². The van der Waals surface area contributed by atoms with Crippen LogP contribution in [-0.4, -0.2) is 50.5 Å². The molecule has 2 aromatic carbocycles. The Morgan fingerprint density at radius 2 is 1.69 bits per heavy atom. The Kier molecular flexibility index (Phi) is 11.3. The lowest BCUT2D eigenvalue weighted by molar-refractivity contribution is -0.132. The molecule has 0 heterocycles. The second kappa shape index (κ2) is 14.4. The minimum atomic E-state index is -0.609. The first kappa shape index (κ1) is 27.4. The normalized spacial score (nSPS) is 12.2. The number of esters is 1. The van der Waals surface area contributed by atoms with Crippen molar-refractivity contribution in [3.05, 3.63) is 64.7 Å². The van der Waals surface area contributed by atoms with Gasteiger partial charge in [0.05, 0.1) is 13.7 Å². The van der Waals surface area contributed by atoms with E-state index in [4.69, 9.17) is 24.0 Å². The van der Waals surface area contributed by atoms with Gasteiger partial charge in [0.15, 0.2) is 5.71 Å². The number of rotatable bonds is 13. The second-order valence-electron chi connectivity index (χ2n) is 7.40. The first-order valence-electron chi connectivity index (χ1n) is 11.3. The van der Waals surface area contributed by atoms with Crippen molar-refractivity contribution in [2.24, 2.45) is 15.5 Å². The number of hydrogen-bond donors (Lipinski definition) is 0. The predicted octanol–water partition coefficient (Wildman–Crippen LogP) is 4.64. The molecule has 0 amide bonds. The summed E-state index contributed by atoms with van der Waals surface area (Å²) in [5, 5.41) is 12.3. The highest BCUT2D eigenvalue weighted by Crippen LogP contribution is 2.20. The van der Waals surface area contributed by atoms with Gasteiger partial charge in [-0.25, -0.2) is 4.79 Å². The topological polar surface area (TPSA) is 100 Å². The number of nitrogens with zero attached hydrogens (tertiary/aromatic N) is 3. The zero-order chi connectivity index (χ0) is 25.6. The van der Waals surface area contributed by atoms with Gasteiger partial charge in [-0.05, 0) is 51.0 Å². The van der Waals surface area contributed by atoms with Gasteiger partial charge in [-0.3, -0.25) is 0 Å². The molecule has 0 radical (unpaired) electrons. The molecule has 0 saturated heterocycles. The molecule has 0 aliphatic heterocycles. The number of hydrogen-bond acceptors (Lipinski definition) is 9. The van der Waals surface area contributed by atoms with E-state index in [1.54, 1.807) is 26.0 Å². The summed E-state index contributed by atoms with van der Waals surface area (Å²) >= 11 is 0. The van der Waals surface area contributed by atoms with Gasteiger partial charge in [0.2, 0.25) is 0 Å². The smallest absolute Gasteiger partial charge is 0.360 e. The van der Waals surface area contributed by atoms with Crippen molar-refractivity contribution < 1.29 is 28.8 Å². The summed E-state index contributed by atoms with van der Waals surface area (Å²) in [6.45, 7) is 8.63. The van der Waals surface area contributed by atoms with Crippen LogP contribution in [0, 0.1) is 6.92 Å². The number of aryl methyl sites for hydroxylation is 1. The molecule has 0 aromatic heterocycles. The summed E-state index contributed by atoms with van der Waals surface area (Å²) in [6.07, 6.45) is 0.933. The van der Waals surface area contributed by atoms with E-state index >= 15 is 0 Å². The molecule has 0 atom stereocenters. The number of methoxy groups -OCH3 is 1. The fourth-order valence-corrected chi connectivity index (χ4v) is 3.15. The zero-order valence-corrected chi connectivity index (χ0v) is 21.2. The monoisotopic (exact) mass is 483 g/mol. The first-order valence-corrected chi connectivity index (χ1v) is 11.3. The van der Waals surface area contributed by atoms with Gasteiger partial charge < -0.3 is 24.0 Å². The van der Waals surface area contributed by atoms with Crippen LogP contribution in [0.2, 0.25) is 0 Å². The van der Waals surface area contributed by atoms with Crippen molar-refractivity contribution in [3.63, 3.8) is 0 Å². The summed E-state index contributed by atoms with van der Waals surface area (Å²) in [4.78, 5) is 28.0. The molecule has 9 heteroatoms. The maximum Gasteiger partial charge on any atom is 0.360 e. The Morgan fingerprint density at radius 1 is 0.914 bits per heavy atom. The molecule has 0 saturated carbocycles. The third-order valence-electron chi connectivity index (χ3n) is 4.81. The molecule has 2 aromatic rings. The highest BCUT2D eigenvalue weighted by Gasteiger charge is 2.20. The average molecular weight is 484 g/mol. The van der Waals surface area contributed by atoms with Crippen LogP contribution >= 0.6 is 0 Å². The SMILES string of the molecule is CCCOc1ccc(C(=NOC)C(C)=NOCc2ccccc2C(=NOCC)C(=O)OC)c(C)c1. The van der Waals surface area contributed by atoms with Gasteiger partial charge in [0, 0.05) is 16.7 Å². The number of carbonyl (C=O) groups is 1. The summed E-state index contributed by atoms with van der Waals surface area (Å²) in [6, 6.07) is 12.9. The van der Waals surface area contributed by atoms with Gasteiger partial charge in [-0.15, -0.1) is 0 Å². The summed E-state index contributed by atoms with van der Waals surface area (Å²) in [5.74, 6) is 0.185. The minimum absolute atomic E-state index is 0.0527. The second-order valence-corrected chi connectivity index (χ2v) is 7.40. The van der Waals surface area contributed by atoms with Crippen LogP contribution in [0.3, 0.4) is 0 Å². The van der Waals surface area contributed by atoms with E-state index in [0.717, 1.165) is 23.3 Å². The van der Waals surface area contributed by atoms with Gasteiger partial charge in [-0.2, -0.15) is 0 Å². The quantitative estimate of drug-likeness (QED) is 0.234. The van der Waals surface area contributed by atoms with E-state index in [1.807, 2.05) is 37.3 Å². The molecule has 0 spiro atoms. The van der Waals surface area contributed by atoms with Crippen LogP contribution < -0.4 is 4.74 Å². The third-order valence-corrected chi connectivity index (χ3v) is 4.81. The molecule has 188 valence electrons. The Morgan fingerprint density at radius 3 is 2.34 bits per heavy atom. The molecule has 0 aliphatic carbocycles. The van der Waals surface area contributed by atoms with E-state index in [0.29, 0.717) is 35.8 Å². The predicted molar refractivity (Wildman–Crippen MR) is 135 cm³/mol. The van der Waals surface area contributed by atoms with Gasteiger partial charge in [0.25, 0.3) is 0 Å². The molecule has 0 N–H and O–H groups in total. The zero-order valence-electron chi connectivity index (χ0n) is 21.2. The lowest BCUT2D eigenvalue weighted by atomic mass is 10.0. The van der Waals surface area contributed by atoms with Crippen LogP contribution in [-0.2, 0) is 30.7 Å².